The van der Waals surface area contributed by atoms with Crippen LogP contribution in [0.5, 0.6) is 0 Å². The summed E-state index contributed by atoms with van der Waals surface area (Å²) in [5, 5.41) is 3.43. The van der Waals surface area contributed by atoms with E-state index in [4.69, 9.17) is 0 Å². The van der Waals surface area contributed by atoms with Crippen LogP contribution in [-0.2, 0) is 13.1 Å². The highest BCUT2D eigenvalue weighted by Crippen LogP contribution is 2.26. The number of aryl methyl sites for hydroxylation is 2. The van der Waals surface area contributed by atoms with Crippen molar-refractivity contribution < 1.29 is 0 Å². The van der Waals surface area contributed by atoms with Crippen molar-refractivity contribution in [3.05, 3.63) is 49.9 Å². The van der Waals surface area contributed by atoms with E-state index in [1.807, 2.05) is 30.5 Å². The Kier molecular flexibility index (Phi) is 4.31. The molecular weight excluding hydrogens is 296 g/mol. The first-order valence-corrected chi connectivity index (χ1v) is 7.13. The van der Waals surface area contributed by atoms with Crippen molar-refractivity contribution in [2.75, 3.05) is 0 Å². The van der Waals surface area contributed by atoms with Gasteiger partial charge in [-0.2, -0.15) is 0 Å². The normalized spacial score (nSPS) is 10.8. The lowest BCUT2D eigenvalue weighted by Crippen LogP contribution is -2.11. The van der Waals surface area contributed by atoms with Crippen molar-refractivity contribution in [3.8, 4) is 0 Å². The summed E-state index contributed by atoms with van der Waals surface area (Å²) in [4.78, 5) is 6.97. The third kappa shape index (κ3) is 3.63. The van der Waals surface area contributed by atoms with Gasteiger partial charge in [-0.1, -0.05) is 6.07 Å². The highest BCUT2D eigenvalue weighted by molar-refractivity contribution is 9.10. The molecule has 2 nitrogen and oxygen atoms in total. The van der Waals surface area contributed by atoms with Gasteiger partial charge in [0, 0.05) is 39.2 Å². The fourth-order valence-electron chi connectivity index (χ4n) is 1.54. The number of hydrogen-bond acceptors (Lipinski definition) is 3. The zero-order valence-corrected chi connectivity index (χ0v) is 12.4. The maximum atomic E-state index is 4.28. The Labute approximate surface area is 114 Å². The van der Waals surface area contributed by atoms with E-state index < -0.39 is 0 Å². The van der Waals surface area contributed by atoms with E-state index >= 15 is 0 Å². The minimum atomic E-state index is 0.863. The van der Waals surface area contributed by atoms with Crippen LogP contribution < -0.4 is 5.32 Å². The van der Waals surface area contributed by atoms with Crippen LogP contribution in [0.4, 0.5) is 0 Å². The van der Waals surface area contributed by atoms with Crippen molar-refractivity contribution in [1.29, 1.82) is 0 Å². The van der Waals surface area contributed by atoms with Gasteiger partial charge in [-0.15, -0.1) is 11.3 Å². The second kappa shape index (κ2) is 5.76. The molecule has 0 saturated heterocycles. The van der Waals surface area contributed by atoms with Crippen LogP contribution in [0.1, 0.15) is 21.0 Å². The molecule has 4 heteroatoms. The number of aromatic nitrogens is 1. The van der Waals surface area contributed by atoms with Crippen LogP contribution in [0.3, 0.4) is 0 Å². The second-order valence-electron chi connectivity index (χ2n) is 4.03. The van der Waals surface area contributed by atoms with E-state index in [0.29, 0.717) is 0 Å². The van der Waals surface area contributed by atoms with E-state index in [9.17, 15) is 0 Å². The maximum Gasteiger partial charge on any atom is 0.0372 e. The lowest BCUT2D eigenvalue weighted by molar-refractivity contribution is 0.698. The highest BCUT2D eigenvalue weighted by atomic mass is 79.9. The molecule has 2 heterocycles. The molecule has 2 rings (SSSR count). The Morgan fingerprint density at radius 3 is 2.71 bits per heavy atom. The fraction of sp³-hybridized carbons (Fsp3) is 0.308. The van der Waals surface area contributed by atoms with Crippen molar-refractivity contribution in [2.24, 2.45) is 0 Å². The second-order valence-corrected chi connectivity index (χ2v) is 6.22. The molecule has 2 aromatic rings. The number of thiophene rings is 1. The van der Waals surface area contributed by atoms with Crippen molar-refractivity contribution >= 4 is 27.3 Å². The third-order valence-electron chi connectivity index (χ3n) is 2.51. The number of halogens is 1. The zero-order valence-electron chi connectivity index (χ0n) is 9.96. The summed E-state index contributed by atoms with van der Waals surface area (Å²) in [5.41, 5.74) is 2.29. The summed E-state index contributed by atoms with van der Waals surface area (Å²) in [7, 11) is 0. The third-order valence-corrected chi connectivity index (χ3v) is 4.65. The summed E-state index contributed by atoms with van der Waals surface area (Å²) in [5.74, 6) is 0. The van der Waals surface area contributed by atoms with E-state index in [1.54, 1.807) is 0 Å². The molecule has 0 atom stereocenters. The zero-order chi connectivity index (χ0) is 12.3. The molecule has 0 radical (unpaired) electrons. The molecule has 0 amide bonds. The van der Waals surface area contributed by atoms with E-state index in [2.05, 4.69) is 45.3 Å². The van der Waals surface area contributed by atoms with Crippen LogP contribution in [0.15, 0.2) is 28.9 Å². The van der Waals surface area contributed by atoms with Crippen LogP contribution in [0.25, 0.3) is 0 Å². The van der Waals surface area contributed by atoms with Gasteiger partial charge in [-0.25, -0.2) is 0 Å². The number of pyridine rings is 1. The molecule has 0 unspecified atom stereocenters. The highest BCUT2D eigenvalue weighted by Gasteiger charge is 2.02. The first-order chi connectivity index (χ1) is 8.15. The Morgan fingerprint density at radius 1 is 1.29 bits per heavy atom. The van der Waals surface area contributed by atoms with Crippen molar-refractivity contribution in [3.63, 3.8) is 0 Å². The Hall–Kier alpha value is -0.710. The molecule has 0 saturated carbocycles. The molecule has 0 spiro atoms. The van der Waals surface area contributed by atoms with Crippen molar-refractivity contribution in [1.82, 2.24) is 10.3 Å². The van der Waals surface area contributed by atoms with Gasteiger partial charge in [0.25, 0.3) is 0 Å². The summed E-state index contributed by atoms with van der Waals surface area (Å²) >= 11 is 5.36. The predicted molar refractivity (Wildman–Crippen MR) is 76.3 cm³/mol. The van der Waals surface area contributed by atoms with Crippen LogP contribution in [0.2, 0.25) is 0 Å². The Balaban J connectivity index is 1.85. The SMILES string of the molecule is Cc1ccc(CNCc2cc(Br)c(C)s2)cn1. The van der Waals surface area contributed by atoms with E-state index in [0.717, 1.165) is 18.8 Å². The Bertz CT molecular complexity index is 471. The molecule has 0 aliphatic carbocycles. The molecule has 0 aliphatic heterocycles. The first-order valence-electron chi connectivity index (χ1n) is 5.52. The lowest BCUT2D eigenvalue weighted by Gasteiger charge is -2.03. The first kappa shape index (κ1) is 12.7. The van der Waals surface area contributed by atoms with Crippen LogP contribution in [-0.4, -0.2) is 4.98 Å². The number of rotatable bonds is 4. The minimum Gasteiger partial charge on any atom is -0.308 e. The Morgan fingerprint density at radius 2 is 2.12 bits per heavy atom. The standard InChI is InChI=1S/C13H15BrN2S/c1-9-3-4-11(7-16-9)6-15-8-12-5-13(14)10(2)17-12/h3-5,7,15H,6,8H2,1-2H3. The van der Waals surface area contributed by atoms with Gasteiger partial charge in [0.1, 0.15) is 0 Å². The average molecular weight is 311 g/mol. The quantitative estimate of drug-likeness (QED) is 0.928. The van der Waals surface area contributed by atoms with Gasteiger partial charge in [-0.3, -0.25) is 4.98 Å². The lowest BCUT2D eigenvalue weighted by atomic mass is 10.2. The molecule has 1 N–H and O–H groups in total. The topological polar surface area (TPSA) is 24.9 Å². The molecule has 90 valence electrons. The summed E-state index contributed by atoms with van der Waals surface area (Å²) in [6.45, 7) is 5.90. The van der Waals surface area contributed by atoms with Gasteiger partial charge in [0.05, 0.1) is 0 Å². The molecular formula is C13H15BrN2S. The van der Waals surface area contributed by atoms with E-state index in [-0.39, 0.29) is 0 Å². The van der Waals surface area contributed by atoms with Gasteiger partial charge in [-0.05, 0) is 47.5 Å². The molecule has 0 fully saturated rings. The average Bonchev–Trinajstić information content (AvgIpc) is 2.61. The monoisotopic (exact) mass is 310 g/mol. The molecule has 0 aliphatic rings. The largest absolute Gasteiger partial charge is 0.308 e. The van der Waals surface area contributed by atoms with Gasteiger partial charge < -0.3 is 5.32 Å². The number of hydrogen-bond donors (Lipinski definition) is 1. The fourth-order valence-corrected chi connectivity index (χ4v) is 3.11. The summed E-state index contributed by atoms with van der Waals surface area (Å²) in [6.07, 6.45) is 1.93. The van der Waals surface area contributed by atoms with E-state index in [1.165, 1.54) is 19.8 Å². The van der Waals surface area contributed by atoms with Crippen molar-refractivity contribution in [2.45, 2.75) is 26.9 Å². The summed E-state index contributed by atoms with van der Waals surface area (Å²) in [6, 6.07) is 6.34. The number of nitrogens with zero attached hydrogens (tertiary/aromatic N) is 1. The molecule has 2 aromatic heterocycles. The smallest absolute Gasteiger partial charge is 0.0372 e. The maximum absolute atomic E-state index is 4.28. The van der Waals surface area contributed by atoms with Crippen LogP contribution >= 0.6 is 27.3 Å². The molecule has 17 heavy (non-hydrogen) atoms. The minimum absolute atomic E-state index is 0.863. The predicted octanol–water partition coefficient (Wildman–Crippen LogP) is 3.81. The molecule has 0 aromatic carbocycles. The van der Waals surface area contributed by atoms with Gasteiger partial charge in [0.15, 0.2) is 0 Å². The summed E-state index contributed by atoms with van der Waals surface area (Å²) < 4.78 is 1.20. The molecule has 0 bridgehead atoms. The van der Waals surface area contributed by atoms with Crippen LogP contribution in [0, 0.1) is 13.8 Å². The van der Waals surface area contributed by atoms with Gasteiger partial charge in [0.2, 0.25) is 0 Å². The number of nitrogens with one attached hydrogen (secondary N) is 1. The van der Waals surface area contributed by atoms with Gasteiger partial charge >= 0.3 is 0 Å².